The second kappa shape index (κ2) is 9.97. The summed E-state index contributed by atoms with van der Waals surface area (Å²) in [4.78, 5) is 33.3. The summed E-state index contributed by atoms with van der Waals surface area (Å²) < 4.78 is 20.4. The third-order valence-electron chi connectivity index (χ3n) is 4.80. The van der Waals surface area contributed by atoms with Crippen molar-refractivity contribution < 1.29 is 18.7 Å². The number of rotatable bonds is 5. The predicted molar refractivity (Wildman–Crippen MR) is 114 cm³/mol. The van der Waals surface area contributed by atoms with Gasteiger partial charge < -0.3 is 14.5 Å². The summed E-state index contributed by atoms with van der Waals surface area (Å²) in [6.07, 6.45) is 3.77. The van der Waals surface area contributed by atoms with E-state index in [4.69, 9.17) is 4.74 Å². The van der Waals surface area contributed by atoms with E-state index in [1.807, 2.05) is 20.1 Å². The third-order valence-corrected chi connectivity index (χ3v) is 5.45. The summed E-state index contributed by atoms with van der Waals surface area (Å²) in [5, 5.41) is 0.652. The molecule has 2 amide bonds. The van der Waals surface area contributed by atoms with Gasteiger partial charge in [0.05, 0.1) is 12.8 Å². The van der Waals surface area contributed by atoms with Crippen molar-refractivity contribution in [2.24, 2.45) is 5.92 Å². The number of hydrogen-bond acceptors (Lipinski definition) is 5. The summed E-state index contributed by atoms with van der Waals surface area (Å²) >= 11 is 1.41. The average molecular weight is 435 g/mol. The van der Waals surface area contributed by atoms with Crippen LogP contribution in [-0.2, 0) is 4.74 Å². The molecule has 7 nitrogen and oxygen atoms in total. The van der Waals surface area contributed by atoms with Crippen molar-refractivity contribution in [3.63, 3.8) is 0 Å². The Morgan fingerprint density at radius 2 is 1.80 bits per heavy atom. The van der Waals surface area contributed by atoms with Crippen LogP contribution in [0.4, 0.5) is 9.18 Å². The first-order chi connectivity index (χ1) is 14.4. The molecule has 1 aromatic heterocycles. The average Bonchev–Trinajstić information content (AvgIpc) is 3.01. The Hall–Kier alpha value is -2.55. The van der Waals surface area contributed by atoms with Gasteiger partial charge in [-0.15, -0.1) is 0 Å². The van der Waals surface area contributed by atoms with Crippen LogP contribution < -0.4 is 0 Å². The maximum absolute atomic E-state index is 13.4. The normalized spacial score (nSPS) is 14.7. The number of benzene rings is 1. The summed E-state index contributed by atoms with van der Waals surface area (Å²) in [6.45, 7) is 6.28. The van der Waals surface area contributed by atoms with Crippen molar-refractivity contribution in [1.82, 2.24) is 19.4 Å². The van der Waals surface area contributed by atoms with Crippen LogP contribution >= 0.6 is 11.8 Å². The molecule has 2 heterocycles. The number of amides is 2. The van der Waals surface area contributed by atoms with Crippen molar-refractivity contribution in [2.45, 2.75) is 25.4 Å². The second-order valence-electron chi connectivity index (χ2n) is 7.55. The van der Waals surface area contributed by atoms with Crippen molar-refractivity contribution in [3.05, 3.63) is 42.0 Å². The Labute approximate surface area is 180 Å². The van der Waals surface area contributed by atoms with Gasteiger partial charge in [0.1, 0.15) is 11.5 Å². The van der Waals surface area contributed by atoms with Crippen LogP contribution in [0.5, 0.6) is 0 Å². The number of imidazole rings is 1. The highest BCUT2D eigenvalue weighted by molar-refractivity contribution is 7.98. The Morgan fingerprint density at radius 1 is 1.13 bits per heavy atom. The van der Waals surface area contributed by atoms with Gasteiger partial charge in [-0.2, -0.15) is 0 Å². The van der Waals surface area contributed by atoms with Crippen molar-refractivity contribution in [1.29, 1.82) is 0 Å². The van der Waals surface area contributed by atoms with Crippen LogP contribution in [0.2, 0.25) is 0 Å². The van der Waals surface area contributed by atoms with Gasteiger partial charge in [0, 0.05) is 31.9 Å². The first-order valence-electron chi connectivity index (χ1n) is 9.99. The monoisotopic (exact) mass is 434 g/mol. The second-order valence-corrected chi connectivity index (χ2v) is 8.32. The lowest BCUT2D eigenvalue weighted by atomic mass is 10.2. The molecule has 162 valence electrons. The van der Waals surface area contributed by atoms with Gasteiger partial charge in [-0.1, -0.05) is 25.6 Å². The molecule has 0 spiro atoms. The van der Waals surface area contributed by atoms with Crippen molar-refractivity contribution in [3.8, 4) is 5.69 Å². The highest BCUT2D eigenvalue weighted by Gasteiger charge is 2.27. The molecule has 30 heavy (non-hydrogen) atoms. The smallest absolute Gasteiger partial charge is 0.409 e. The Balaban J connectivity index is 1.75. The van der Waals surface area contributed by atoms with E-state index in [0.29, 0.717) is 55.7 Å². The van der Waals surface area contributed by atoms with E-state index in [9.17, 15) is 14.0 Å². The fourth-order valence-electron chi connectivity index (χ4n) is 3.26. The summed E-state index contributed by atoms with van der Waals surface area (Å²) in [5.74, 6) is -0.227. The molecule has 1 fully saturated rings. The molecule has 1 saturated heterocycles. The van der Waals surface area contributed by atoms with Crippen LogP contribution in [-0.4, -0.2) is 70.4 Å². The summed E-state index contributed by atoms with van der Waals surface area (Å²) in [5.41, 5.74) is 1.09. The molecule has 1 aliphatic rings. The Kier molecular flexibility index (Phi) is 7.36. The first kappa shape index (κ1) is 22.1. The molecule has 9 heteroatoms. The lowest BCUT2D eigenvalue weighted by Gasteiger charge is -2.22. The Morgan fingerprint density at radius 3 is 2.47 bits per heavy atom. The van der Waals surface area contributed by atoms with Gasteiger partial charge >= 0.3 is 6.09 Å². The molecule has 1 aliphatic heterocycles. The molecular formula is C21H27FN4O3S. The molecule has 0 radical (unpaired) electrons. The molecule has 0 unspecified atom stereocenters. The van der Waals surface area contributed by atoms with E-state index in [2.05, 4.69) is 4.98 Å². The SMILES string of the molecule is CSc1ncc(C(=O)N2CCCN(C(=O)OCC(C)C)CC2)n1-c1ccc(F)cc1. The molecule has 0 N–H and O–H groups in total. The fourth-order valence-corrected chi connectivity index (χ4v) is 3.81. The fraction of sp³-hybridized carbons (Fsp3) is 0.476. The number of ether oxygens (including phenoxy) is 1. The van der Waals surface area contributed by atoms with Crippen LogP contribution in [0.1, 0.15) is 30.8 Å². The van der Waals surface area contributed by atoms with E-state index in [-0.39, 0.29) is 23.7 Å². The van der Waals surface area contributed by atoms with Crippen molar-refractivity contribution in [2.75, 3.05) is 39.0 Å². The zero-order valence-corrected chi connectivity index (χ0v) is 18.3. The first-order valence-corrected chi connectivity index (χ1v) is 11.2. The van der Waals surface area contributed by atoms with Gasteiger partial charge in [0.2, 0.25) is 0 Å². The molecule has 0 atom stereocenters. The largest absolute Gasteiger partial charge is 0.449 e. The third kappa shape index (κ3) is 5.13. The van der Waals surface area contributed by atoms with Crippen molar-refractivity contribution >= 4 is 23.8 Å². The van der Waals surface area contributed by atoms with Crippen LogP contribution in [0.3, 0.4) is 0 Å². The lowest BCUT2D eigenvalue weighted by Crippen LogP contribution is -2.38. The topological polar surface area (TPSA) is 67.7 Å². The number of aromatic nitrogens is 2. The summed E-state index contributed by atoms with van der Waals surface area (Å²) in [7, 11) is 0. The molecule has 0 bridgehead atoms. The van der Waals surface area contributed by atoms with Gasteiger partial charge in [0.15, 0.2) is 5.16 Å². The van der Waals surface area contributed by atoms with Crippen LogP contribution in [0, 0.1) is 11.7 Å². The van der Waals surface area contributed by atoms with E-state index >= 15 is 0 Å². The minimum absolute atomic E-state index is 0.162. The number of halogens is 1. The van der Waals surface area contributed by atoms with Crippen LogP contribution in [0.25, 0.3) is 5.69 Å². The van der Waals surface area contributed by atoms with Gasteiger partial charge in [0.25, 0.3) is 5.91 Å². The van der Waals surface area contributed by atoms with Crippen LogP contribution in [0.15, 0.2) is 35.6 Å². The number of carbonyl (C=O) groups excluding carboxylic acids is 2. The zero-order valence-electron chi connectivity index (χ0n) is 17.5. The molecule has 0 aliphatic carbocycles. The van der Waals surface area contributed by atoms with Gasteiger partial charge in [-0.05, 0) is 42.9 Å². The van der Waals surface area contributed by atoms with Gasteiger partial charge in [-0.25, -0.2) is 14.2 Å². The van der Waals surface area contributed by atoms with E-state index in [1.165, 1.54) is 23.9 Å². The lowest BCUT2D eigenvalue weighted by molar-refractivity contribution is 0.0738. The standard InChI is InChI=1S/C21H27FN4O3S/c1-15(2)14-29-21(28)25-10-4-9-24(11-12-25)19(27)18-13-23-20(30-3)26(18)17-7-5-16(22)6-8-17/h5-8,13,15H,4,9-12,14H2,1-3H3. The highest BCUT2D eigenvalue weighted by Crippen LogP contribution is 2.23. The molecular weight excluding hydrogens is 407 g/mol. The zero-order chi connectivity index (χ0) is 21.7. The number of carbonyl (C=O) groups is 2. The molecule has 0 saturated carbocycles. The minimum Gasteiger partial charge on any atom is -0.449 e. The minimum atomic E-state index is -0.339. The number of hydrogen-bond donors (Lipinski definition) is 0. The maximum atomic E-state index is 13.4. The maximum Gasteiger partial charge on any atom is 0.409 e. The Bertz CT molecular complexity index is 885. The quantitative estimate of drug-likeness (QED) is 0.672. The summed E-state index contributed by atoms with van der Waals surface area (Å²) in [6, 6.07) is 5.98. The number of nitrogens with zero attached hydrogens (tertiary/aromatic N) is 4. The van der Waals surface area contributed by atoms with Gasteiger partial charge in [-0.3, -0.25) is 9.36 Å². The number of thioether (sulfide) groups is 1. The van der Waals surface area contributed by atoms with E-state index in [1.54, 1.807) is 32.7 Å². The van der Waals surface area contributed by atoms with E-state index in [0.717, 1.165) is 0 Å². The highest BCUT2D eigenvalue weighted by atomic mass is 32.2. The predicted octanol–water partition coefficient (Wildman–Crippen LogP) is 3.67. The molecule has 2 aromatic rings. The molecule has 3 rings (SSSR count). The molecule has 1 aromatic carbocycles. The van der Waals surface area contributed by atoms with E-state index < -0.39 is 0 Å².